The number of para-hydroxylation sites is 1. The Hall–Kier alpha value is -1.68. The third-order valence-electron chi connectivity index (χ3n) is 2.90. The lowest BCUT2D eigenvalue weighted by atomic mass is 10.2. The minimum absolute atomic E-state index is 0.502. The molecule has 1 aliphatic carbocycles. The summed E-state index contributed by atoms with van der Waals surface area (Å²) in [4.78, 5) is 0. The first-order valence-electron chi connectivity index (χ1n) is 5.44. The largest absolute Gasteiger partial charge is 0.389 e. The van der Waals surface area contributed by atoms with Gasteiger partial charge in [-0.1, -0.05) is 23.4 Å². The van der Waals surface area contributed by atoms with Gasteiger partial charge in [-0.05, 0) is 25.0 Å². The molecule has 16 heavy (non-hydrogen) atoms. The molecule has 0 aliphatic heterocycles. The minimum atomic E-state index is -0.502. The van der Waals surface area contributed by atoms with E-state index in [0.717, 1.165) is 24.2 Å². The van der Waals surface area contributed by atoms with E-state index in [9.17, 15) is 5.11 Å². The van der Waals surface area contributed by atoms with E-state index >= 15 is 0 Å². The molecule has 0 atom stereocenters. The molecule has 0 bridgehead atoms. The van der Waals surface area contributed by atoms with Gasteiger partial charge in [0.05, 0.1) is 23.2 Å². The standard InChI is InChI=1S/C12H13N3O/c16-12(6-7-12)8-10-9-15(14-13-10)11-4-2-1-3-5-11/h1-5,9,16H,6-8H2. The number of benzene rings is 1. The molecule has 1 aromatic carbocycles. The predicted molar refractivity (Wildman–Crippen MR) is 59.2 cm³/mol. The van der Waals surface area contributed by atoms with Crippen molar-refractivity contribution in [2.45, 2.75) is 24.9 Å². The van der Waals surface area contributed by atoms with Crippen LogP contribution in [0.1, 0.15) is 18.5 Å². The lowest BCUT2D eigenvalue weighted by molar-refractivity contribution is 0.149. The van der Waals surface area contributed by atoms with E-state index in [0.29, 0.717) is 6.42 Å². The Morgan fingerprint density at radius 3 is 2.69 bits per heavy atom. The smallest absolute Gasteiger partial charge is 0.0860 e. The van der Waals surface area contributed by atoms with Crippen LogP contribution < -0.4 is 0 Å². The summed E-state index contributed by atoms with van der Waals surface area (Å²) in [7, 11) is 0. The van der Waals surface area contributed by atoms with E-state index in [2.05, 4.69) is 10.3 Å². The maximum Gasteiger partial charge on any atom is 0.0860 e. The van der Waals surface area contributed by atoms with Crippen LogP contribution in [0.5, 0.6) is 0 Å². The second kappa shape index (κ2) is 3.42. The predicted octanol–water partition coefficient (Wildman–Crippen LogP) is 1.33. The second-order valence-electron chi connectivity index (χ2n) is 4.39. The average molecular weight is 215 g/mol. The molecule has 2 aromatic rings. The molecule has 0 saturated heterocycles. The van der Waals surface area contributed by atoms with Gasteiger partial charge >= 0.3 is 0 Å². The normalized spacial score (nSPS) is 17.3. The number of nitrogens with zero attached hydrogens (tertiary/aromatic N) is 3. The lowest BCUT2D eigenvalue weighted by Gasteiger charge is -2.02. The van der Waals surface area contributed by atoms with Gasteiger partial charge in [0.15, 0.2) is 0 Å². The zero-order valence-electron chi connectivity index (χ0n) is 8.87. The highest BCUT2D eigenvalue weighted by Gasteiger charge is 2.40. The van der Waals surface area contributed by atoms with E-state index in [4.69, 9.17) is 0 Å². The monoisotopic (exact) mass is 215 g/mol. The highest BCUT2D eigenvalue weighted by atomic mass is 16.3. The van der Waals surface area contributed by atoms with Crippen molar-refractivity contribution in [1.29, 1.82) is 0 Å². The summed E-state index contributed by atoms with van der Waals surface area (Å²) < 4.78 is 1.74. The molecule has 1 saturated carbocycles. The molecular weight excluding hydrogens is 202 g/mol. The maximum absolute atomic E-state index is 9.78. The van der Waals surface area contributed by atoms with Crippen LogP contribution in [0, 0.1) is 0 Å². The fourth-order valence-electron chi connectivity index (χ4n) is 1.74. The van der Waals surface area contributed by atoms with Gasteiger partial charge in [-0.25, -0.2) is 4.68 Å². The van der Waals surface area contributed by atoms with Crippen molar-refractivity contribution in [1.82, 2.24) is 15.0 Å². The first-order valence-corrected chi connectivity index (χ1v) is 5.44. The van der Waals surface area contributed by atoms with E-state index < -0.39 is 5.60 Å². The number of hydrogen-bond donors (Lipinski definition) is 1. The third kappa shape index (κ3) is 1.84. The fraction of sp³-hybridized carbons (Fsp3) is 0.333. The molecule has 1 heterocycles. The topological polar surface area (TPSA) is 50.9 Å². The Balaban J connectivity index is 1.82. The number of aliphatic hydroxyl groups is 1. The summed E-state index contributed by atoms with van der Waals surface area (Å²) >= 11 is 0. The van der Waals surface area contributed by atoms with Crippen LogP contribution in [0.4, 0.5) is 0 Å². The van der Waals surface area contributed by atoms with Crippen molar-refractivity contribution in [3.05, 3.63) is 42.2 Å². The van der Waals surface area contributed by atoms with Gasteiger partial charge in [0.25, 0.3) is 0 Å². The van der Waals surface area contributed by atoms with E-state index in [1.807, 2.05) is 36.5 Å². The van der Waals surface area contributed by atoms with Crippen molar-refractivity contribution >= 4 is 0 Å². The molecule has 0 radical (unpaired) electrons. The van der Waals surface area contributed by atoms with Crippen LogP contribution in [-0.2, 0) is 6.42 Å². The third-order valence-corrected chi connectivity index (χ3v) is 2.90. The van der Waals surface area contributed by atoms with Crippen LogP contribution in [0.3, 0.4) is 0 Å². The van der Waals surface area contributed by atoms with Crippen molar-refractivity contribution < 1.29 is 5.11 Å². The SMILES string of the molecule is OC1(Cc2cn(-c3ccccc3)nn2)CC1. The lowest BCUT2D eigenvalue weighted by Crippen LogP contribution is -2.10. The first kappa shape index (κ1) is 9.54. The number of rotatable bonds is 3. The van der Waals surface area contributed by atoms with Crippen LogP contribution in [-0.4, -0.2) is 25.7 Å². The van der Waals surface area contributed by atoms with Crippen LogP contribution in [0.25, 0.3) is 5.69 Å². The molecule has 0 unspecified atom stereocenters. The Labute approximate surface area is 93.5 Å². The van der Waals surface area contributed by atoms with Gasteiger partial charge in [0.2, 0.25) is 0 Å². The molecule has 1 aromatic heterocycles. The van der Waals surface area contributed by atoms with E-state index in [1.165, 1.54) is 0 Å². The highest BCUT2D eigenvalue weighted by molar-refractivity contribution is 5.30. The van der Waals surface area contributed by atoms with Crippen molar-refractivity contribution in [3.8, 4) is 5.69 Å². The van der Waals surface area contributed by atoms with Gasteiger partial charge in [-0.15, -0.1) is 5.10 Å². The van der Waals surface area contributed by atoms with Gasteiger partial charge in [-0.3, -0.25) is 0 Å². The Morgan fingerprint density at radius 2 is 2.00 bits per heavy atom. The molecular formula is C12H13N3O. The summed E-state index contributed by atoms with van der Waals surface area (Å²) in [5.74, 6) is 0. The van der Waals surface area contributed by atoms with Crippen LogP contribution in [0.15, 0.2) is 36.5 Å². The molecule has 1 N–H and O–H groups in total. The van der Waals surface area contributed by atoms with Gasteiger partial charge in [-0.2, -0.15) is 0 Å². The molecule has 3 rings (SSSR count). The second-order valence-corrected chi connectivity index (χ2v) is 4.39. The molecule has 82 valence electrons. The summed E-state index contributed by atoms with van der Waals surface area (Å²) in [6, 6.07) is 9.85. The fourth-order valence-corrected chi connectivity index (χ4v) is 1.74. The quantitative estimate of drug-likeness (QED) is 0.840. The minimum Gasteiger partial charge on any atom is -0.389 e. The number of aromatic nitrogens is 3. The van der Waals surface area contributed by atoms with Gasteiger partial charge in [0, 0.05) is 6.42 Å². The van der Waals surface area contributed by atoms with E-state index in [1.54, 1.807) is 4.68 Å². The Bertz CT molecular complexity index is 488. The van der Waals surface area contributed by atoms with Crippen LogP contribution in [0.2, 0.25) is 0 Å². The Morgan fingerprint density at radius 1 is 1.25 bits per heavy atom. The van der Waals surface area contributed by atoms with Crippen molar-refractivity contribution in [2.24, 2.45) is 0 Å². The van der Waals surface area contributed by atoms with Crippen molar-refractivity contribution in [3.63, 3.8) is 0 Å². The highest BCUT2D eigenvalue weighted by Crippen LogP contribution is 2.37. The molecule has 0 amide bonds. The zero-order chi connectivity index (χ0) is 11.0. The zero-order valence-corrected chi connectivity index (χ0v) is 8.87. The first-order chi connectivity index (χ1) is 7.75. The molecule has 4 nitrogen and oxygen atoms in total. The molecule has 4 heteroatoms. The Kier molecular flexibility index (Phi) is 2.04. The van der Waals surface area contributed by atoms with Crippen LogP contribution >= 0.6 is 0 Å². The van der Waals surface area contributed by atoms with E-state index in [-0.39, 0.29) is 0 Å². The van der Waals surface area contributed by atoms with Gasteiger partial charge < -0.3 is 5.11 Å². The molecule has 1 aliphatic rings. The molecule has 0 spiro atoms. The summed E-state index contributed by atoms with van der Waals surface area (Å²) in [5.41, 5.74) is 1.34. The summed E-state index contributed by atoms with van der Waals surface area (Å²) in [6.07, 6.45) is 4.25. The average Bonchev–Trinajstić information content (AvgIpc) is 2.86. The maximum atomic E-state index is 9.78. The summed E-state index contributed by atoms with van der Waals surface area (Å²) in [6.45, 7) is 0. The number of hydrogen-bond acceptors (Lipinski definition) is 3. The van der Waals surface area contributed by atoms with Gasteiger partial charge in [0.1, 0.15) is 0 Å². The summed E-state index contributed by atoms with van der Waals surface area (Å²) in [5, 5.41) is 17.9. The van der Waals surface area contributed by atoms with Crippen molar-refractivity contribution in [2.75, 3.05) is 0 Å². The molecule has 1 fully saturated rings.